The van der Waals surface area contributed by atoms with E-state index in [9.17, 15) is 4.79 Å². The van der Waals surface area contributed by atoms with Crippen LogP contribution in [0.25, 0.3) is 11.5 Å². The Labute approximate surface area is 185 Å². The molecule has 0 bridgehead atoms. The van der Waals surface area contributed by atoms with Gasteiger partial charge in [0, 0.05) is 17.3 Å². The van der Waals surface area contributed by atoms with Crippen LogP contribution in [0.5, 0.6) is 11.5 Å². The van der Waals surface area contributed by atoms with Crippen LogP contribution in [0.1, 0.15) is 22.6 Å². The Balaban J connectivity index is 1.37. The quantitative estimate of drug-likeness (QED) is 0.406. The Bertz CT molecular complexity index is 1200. The third kappa shape index (κ3) is 5.51. The second-order valence-corrected chi connectivity index (χ2v) is 7.21. The summed E-state index contributed by atoms with van der Waals surface area (Å²) in [7, 11) is 0. The van der Waals surface area contributed by atoms with Gasteiger partial charge in [0.25, 0.3) is 0 Å². The van der Waals surface area contributed by atoms with Crippen molar-refractivity contribution in [1.29, 1.82) is 0 Å². The molecule has 7 heteroatoms. The number of benzene rings is 2. The first-order valence-corrected chi connectivity index (χ1v) is 10.1. The maximum atomic E-state index is 10.9. The van der Waals surface area contributed by atoms with Gasteiger partial charge in [-0.1, -0.05) is 30.3 Å². The average molecular weight is 430 g/mol. The third-order valence-electron chi connectivity index (χ3n) is 4.72. The van der Waals surface area contributed by atoms with Gasteiger partial charge in [-0.25, -0.2) is 4.98 Å². The van der Waals surface area contributed by atoms with Gasteiger partial charge < -0.3 is 19.0 Å². The van der Waals surface area contributed by atoms with Crippen molar-refractivity contribution in [3.8, 4) is 23.0 Å². The molecule has 0 amide bonds. The number of carboxylic acid groups (broad SMARTS) is 1. The molecule has 0 aliphatic rings. The zero-order chi connectivity index (χ0) is 22.3. The molecule has 162 valence electrons. The number of hydrogen-bond acceptors (Lipinski definition) is 6. The number of oxazole rings is 1. The molecule has 0 saturated carbocycles. The van der Waals surface area contributed by atoms with Crippen LogP contribution < -0.4 is 9.47 Å². The Morgan fingerprint density at radius 3 is 2.53 bits per heavy atom. The zero-order valence-electron chi connectivity index (χ0n) is 17.5. The second kappa shape index (κ2) is 9.78. The van der Waals surface area contributed by atoms with E-state index in [1.165, 1.54) is 0 Å². The molecule has 0 radical (unpaired) electrons. The van der Waals surface area contributed by atoms with Crippen molar-refractivity contribution in [2.75, 3.05) is 0 Å². The van der Waals surface area contributed by atoms with Crippen LogP contribution in [0.2, 0.25) is 0 Å². The number of aryl methyl sites for hydroxylation is 1. The predicted octanol–water partition coefficient (Wildman–Crippen LogP) is 4.83. The van der Waals surface area contributed by atoms with Crippen molar-refractivity contribution in [2.24, 2.45) is 0 Å². The zero-order valence-corrected chi connectivity index (χ0v) is 17.5. The van der Waals surface area contributed by atoms with E-state index in [4.69, 9.17) is 19.0 Å². The van der Waals surface area contributed by atoms with Crippen LogP contribution in [0.4, 0.5) is 0 Å². The van der Waals surface area contributed by atoms with Crippen molar-refractivity contribution < 1.29 is 23.8 Å². The molecule has 2 aromatic carbocycles. The molecular formula is C25H22N2O5. The average Bonchev–Trinajstić information content (AvgIpc) is 3.17. The number of nitrogens with zero attached hydrogens (tertiary/aromatic N) is 2. The lowest BCUT2D eigenvalue weighted by molar-refractivity contribution is -0.136. The van der Waals surface area contributed by atoms with E-state index >= 15 is 0 Å². The fourth-order valence-electron chi connectivity index (χ4n) is 3.13. The van der Waals surface area contributed by atoms with Crippen molar-refractivity contribution in [3.63, 3.8) is 0 Å². The van der Waals surface area contributed by atoms with Gasteiger partial charge in [0.2, 0.25) is 5.89 Å². The van der Waals surface area contributed by atoms with Crippen LogP contribution in [-0.4, -0.2) is 21.0 Å². The van der Waals surface area contributed by atoms with E-state index < -0.39 is 5.97 Å². The smallest absolute Gasteiger partial charge is 0.307 e. The molecule has 2 heterocycles. The summed E-state index contributed by atoms with van der Waals surface area (Å²) < 4.78 is 17.4. The molecule has 0 spiro atoms. The SMILES string of the molecule is Cc1oc(-c2ccccc2)nc1COc1cncc(COc2cccc(CC(=O)O)c2)c1. The minimum atomic E-state index is -0.880. The molecule has 0 fully saturated rings. The number of ether oxygens (including phenoxy) is 2. The summed E-state index contributed by atoms with van der Waals surface area (Å²) in [4.78, 5) is 19.6. The Morgan fingerprint density at radius 1 is 0.938 bits per heavy atom. The van der Waals surface area contributed by atoms with Gasteiger partial charge in [0.1, 0.15) is 36.2 Å². The van der Waals surface area contributed by atoms with Crippen LogP contribution >= 0.6 is 0 Å². The van der Waals surface area contributed by atoms with Crippen molar-refractivity contribution in [2.45, 2.75) is 26.6 Å². The van der Waals surface area contributed by atoms with Gasteiger partial charge in [0.15, 0.2) is 0 Å². The number of pyridine rings is 1. The van der Waals surface area contributed by atoms with Crippen molar-refractivity contribution in [1.82, 2.24) is 9.97 Å². The molecule has 0 unspecified atom stereocenters. The molecule has 0 aliphatic heterocycles. The monoisotopic (exact) mass is 430 g/mol. The lowest BCUT2D eigenvalue weighted by Gasteiger charge is -2.09. The minimum absolute atomic E-state index is 0.0461. The molecular weight excluding hydrogens is 408 g/mol. The minimum Gasteiger partial charge on any atom is -0.489 e. The summed E-state index contributed by atoms with van der Waals surface area (Å²) in [6, 6.07) is 18.6. The van der Waals surface area contributed by atoms with E-state index in [2.05, 4.69) is 9.97 Å². The van der Waals surface area contributed by atoms with Crippen LogP contribution in [0.15, 0.2) is 77.5 Å². The summed E-state index contributed by atoms with van der Waals surface area (Å²) >= 11 is 0. The van der Waals surface area contributed by atoms with Crippen molar-refractivity contribution in [3.05, 3.63) is 95.6 Å². The number of carboxylic acids is 1. The summed E-state index contributed by atoms with van der Waals surface area (Å²) in [6.07, 6.45) is 3.28. The van der Waals surface area contributed by atoms with Crippen LogP contribution in [-0.2, 0) is 24.4 Å². The number of rotatable bonds is 9. The van der Waals surface area contributed by atoms with Crippen molar-refractivity contribution >= 4 is 5.97 Å². The third-order valence-corrected chi connectivity index (χ3v) is 4.72. The van der Waals surface area contributed by atoms with Gasteiger partial charge in [-0.05, 0) is 42.8 Å². The molecule has 0 aliphatic carbocycles. The molecule has 2 aromatic heterocycles. The number of carbonyl (C=O) groups is 1. The number of hydrogen-bond donors (Lipinski definition) is 1. The standard InChI is InChI=1S/C25H22N2O5/c1-17-23(27-25(32-17)20-7-3-2-4-8-20)16-31-22-11-19(13-26-14-22)15-30-21-9-5-6-18(10-21)12-24(28)29/h2-11,13-14H,12,15-16H2,1H3,(H,28,29). The Morgan fingerprint density at radius 2 is 1.72 bits per heavy atom. The molecule has 7 nitrogen and oxygen atoms in total. The molecule has 0 atom stereocenters. The first kappa shape index (κ1) is 21.1. The van der Waals surface area contributed by atoms with E-state index in [0.717, 1.165) is 16.8 Å². The Hall–Kier alpha value is -4.13. The lowest BCUT2D eigenvalue weighted by Crippen LogP contribution is -2.02. The molecule has 1 N–H and O–H groups in total. The van der Waals surface area contributed by atoms with Gasteiger partial charge in [0.05, 0.1) is 12.6 Å². The van der Waals surface area contributed by atoms with E-state index in [-0.39, 0.29) is 19.6 Å². The summed E-state index contributed by atoms with van der Waals surface area (Å²) in [6.45, 7) is 2.40. The van der Waals surface area contributed by atoms with Gasteiger partial charge in [-0.15, -0.1) is 0 Å². The predicted molar refractivity (Wildman–Crippen MR) is 117 cm³/mol. The Kier molecular flexibility index (Phi) is 6.46. The lowest BCUT2D eigenvalue weighted by atomic mass is 10.1. The highest BCUT2D eigenvalue weighted by Crippen LogP contribution is 2.23. The summed E-state index contributed by atoms with van der Waals surface area (Å²) in [5, 5.41) is 8.93. The van der Waals surface area contributed by atoms with E-state index in [1.807, 2.05) is 43.3 Å². The van der Waals surface area contributed by atoms with Gasteiger partial charge in [-0.3, -0.25) is 9.78 Å². The fraction of sp³-hybridized carbons (Fsp3) is 0.160. The highest BCUT2D eigenvalue weighted by atomic mass is 16.5. The normalized spacial score (nSPS) is 10.7. The molecule has 4 aromatic rings. The van der Waals surface area contributed by atoms with E-state index in [1.54, 1.807) is 36.7 Å². The van der Waals surface area contributed by atoms with E-state index in [0.29, 0.717) is 28.7 Å². The highest BCUT2D eigenvalue weighted by molar-refractivity contribution is 5.70. The maximum absolute atomic E-state index is 10.9. The maximum Gasteiger partial charge on any atom is 0.307 e. The molecule has 0 saturated heterocycles. The largest absolute Gasteiger partial charge is 0.489 e. The topological polar surface area (TPSA) is 94.7 Å². The highest BCUT2D eigenvalue weighted by Gasteiger charge is 2.12. The number of aliphatic carboxylic acids is 1. The second-order valence-electron chi connectivity index (χ2n) is 7.21. The van der Waals surface area contributed by atoms with Crippen LogP contribution in [0, 0.1) is 6.92 Å². The summed E-state index contributed by atoms with van der Waals surface area (Å²) in [5.41, 5.74) is 3.15. The van der Waals surface area contributed by atoms with Gasteiger partial charge >= 0.3 is 5.97 Å². The fourth-order valence-corrected chi connectivity index (χ4v) is 3.13. The molecule has 4 rings (SSSR count). The summed E-state index contributed by atoms with van der Waals surface area (Å²) in [5.74, 6) is 1.58. The molecule has 32 heavy (non-hydrogen) atoms. The first-order chi connectivity index (χ1) is 15.6. The first-order valence-electron chi connectivity index (χ1n) is 10.1. The van der Waals surface area contributed by atoms with Gasteiger partial charge in [-0.2, -0.15) is 0 Å². The number of aromatic nitrogens is 2. The van der Waals surface area contributed by atoms with Crippen LogP contribution in [0.3, 0.4) is 0 Å².